The van der Waals surface area contributed by atoms with Gasteiger partial charge in [0.05, 0.1) is 6.61 Å². The van der Waals surface area contributed by atoms with Gasteiger partial charge in [-0.25, -0.2) is 0 Å². The third-order valence-corrected chi connectivity index (χ3v) is 3.84. The minimum Gasteiger partial charge on any atom is -0.394 e. The number of nitrogens with zero attached hydrogens (tertiary/aromatic N) is 1. The van der Waals surface area contributed by atoms with Crippen molar-refractivity contribution in [3.63, 3.8) is 0 Å². The maximum atomic E-state index is 9.30. The number of nitrogens with two attached hydrogens (primary N) is 1. The summed E-state index contributed by atoms with van der Waals surface area (Å²) in [5.41, 5.74) is 6.91. The lowest BCUT2D eigenvalue weighted by molar-refractivity contribution is 0.0767. The Kier molecular flexibility index (Phi) is 5.60. The first-order chi connectivity index (χ1) is 8.38. The van der Waals surface area contributed by atoms with Crippen LogP contribution in [0.4, 0.5) is 0 Å². The third-order valence-electron chi connectivity index (χ3n) is 3.50. The molecule has 1 aromatic carbocycles. The second kappa shape index (κ2) is 6.53. The summed E-state index contributed by atoms with van der Waals surface area (Å²) in [6, 6.07) is 7.60. The van der Waals surface area contributed by atoms with Crippen LogP contribution in [0.1, 0.15) is 31.9 Å². The second-order valence-electron chi connectivity index (χ2n) is 5.31. The average Bonchev–Trinajstić information content (AvgIpc) is 2.36. The molecule has 0 aliphatic heterocycles. The Hall–Kier alpha value is -0.610. The second-order valence-corrected chi connectivity index (χ2v) is 5.72. The quantitative estimate of drug-likeness (QED) is 0.835. The lowest BCUT2D eigenvalue weighted by atomic mass is 10.0. The van der Waals surface area contributed by atoms with Gasteiger partial charge in [0.15, 0.2) is 0 Å². The molecule has 1 atom stereocenters. The van der Waals surface area contributed by atoms with E-state index in [0.29, 0.717) is 5.02 Å². The highest BCUT2D eigenvalue weighted by Gasteiger charge is 2.22. The molecular formula is C14H23ClN2O. The predicted molar refractivity (Wildman–Crippen MR) is 76.8 cm³/mol. The molecule has 3 nitrogen and oxygen atoms in total. The smallest absolute Gasteiger partial charge is 0.0609 e. The normalized spacial score (nSPS) is 13.9. The molecule has 0 saturated heterocycles. The topological polar surface area (TPSA) is 49.5 Å². The van der Waals surface area contributed by atoms with Gasteiger partial charge in [0, 0.05) is 23.1 Å². The minimum atomic E-state index is -0.222. The van der Waals surface area contributed by atoms with E-state index in [-0.39, 0.29) is 18.2 Å². The molecule has 0 amide bonds. The van der Waals surface area contributed by atoms with Gasteiger partial charge >= 0.3 is 0 Å². The number of hydrogen-bond donors (Lipinski definition) is 2. The monoisotopic (exact) mass is 270 g/mol. The first kappa shape index (κ1) is 15.4. The Bertz CT molecular complexity index is 382. The molecule has 18 heavy (non-hydrogen) atoms. The molecule has 0 saturated carbocycles. The van der Waals surface area contributed by atoms with Crippen molar-refractivity contribution >= 4 is 11.6 Å². The van der Waals surface area contributed by atoms with Crippen LogP contribution in [0.3, 0.4) is 0 Å². The minimum absolute atomic E-state index is 0.0735. The Balaban J connectivity index is 2.57. The Morgan fingerprint density at radius 1 is 1.39 bits per heavy atom. The highest BCUT2D eigenvalue weighted by atomic mass is 35.5. The fraction of sp³-hybridized carbons (Fsp3) is 0.571. The summed E-state index contributed by atoms with van der Waals surface area (Å²) in [6.45, 7) is 4.97. The van der Waals surface area contributed by atoms with E-state index in [9.17, 15) is 5.11 Å². The van der Waals surface area contributed by atoms with Gasteiger partial charge in [-0.05, 0) is 38.9 Å². The molecule has 1 rings (SSSR count). The fourth-order valence-corrected chi connectivity index (χ4v) is 1.96. The van der Waals surface area contributed by atoms with Crippen molar-refractivity contribution in [2.45, 2.75) is 31.8 Å². The average molecular weight is 271 g/mol. The van der Waals surface area contributed by atoms with Crippen LogP contribution in [0, 0.1) is 0 Å². The van der Waals surface area contributed by atoms with Crippen molar-refractivity contribution in [3.8, 4) is 0 Å². The molecule has 1 unspecified atom stereocenters. The maximum Gasteiger partial charge on any atom is 0.0609 e. The van der Waals surface area contributed by atoms with Crippen LogP contribution < -0.4 is 5.73 Å². The molecule has 0 aromatic heterocycles. The van der Waals surface area contributed by atoms with Crippen molar-refractivity contribution in [2.24, 2.45) is 5.73 Å². The lowest BCUT2D eigenvalue weighted by Gasteiger charge is -2.34. The van der Waals surface area contributed by atoms with E-state index in [1.165, 1.54) is 0 Å². The van der Waals surface area contributed by atoms with E-state index in [1.807, 2.05) is 45.2 Å². The highest BCUT2D eigenvalue weighted by molar-refractivity contribution is 6.31. The highest BCUT2D eigenvalue weighted by Crippen LogP contribution is 2.24. The first-order valence-corrected chi connectivity index (χ1v) is 6.58. The zero-order valence-electron chi connectivity index (χ0n) is 11.4. The van der Waals surface area contributed by atoms with Crippen molar-refractivity contribution in [2.75, 3.05) is 20.2 Å². The zero-order chi connectivity index (χ0) is 13.8. The Morgan fingerprint density at radius 2 is 2.00 bits per heavy atom. The number of hydrogen-bond acceptors (Lipinski definition) is 3. The van der Waals surface area contributed by atoms with Crippen LogP contribution in [-0.2, 0) is 0 Å². The van der Waals surface area contributed by atoms with Crippen LogP contribution in [0.15, 0.2) is 24.3 Å². The molecule has 3 N–H and O–H groups in total. The Labute approximate surface area is 115 Å². The van der Waals surface area contributed by atoms with Crippen LogP contribution in [0.5, 0.6) is 0 Å². The van der Waals surface area contributed by atoms with E-state index in [0.717, 1.165) is 18.5 Å². The van der Waals surface area contributed by atoms with Crippen LogP contribution >= 0.6 is 11.6 Å². The number of benzene rings is 1. The molecule has 0 aliphatic carbocycles. The largest absolute Gasteiger partial charge is 0.394 e. The predicted octanol–water partition coefficient (Wildman–Crippen LogP) is 2.43. The zero-order valence-corrected chi connectivity index (χ0v) is 12.1. The summed E-state index contributed by atoms with van der Waals surface area (Å²) in [4.78, 5) is 2.11. The summed E-state index contributed by atoms with van der Waals surface area (Å²) in [5.74, 6) is 0. The van der Waals surface area contributed by atoms with Gasteiger partial charge < -0.3 is 10.8 Å². The molecule has 0 radical (unpaired) electrons. The van der Waals surface area contributed by atoms with E-state index >= 15 is 0 Å². The maximum absolute atomic E-state index is 9.30. The van der Waals surface area contributed by atoms with Gasteiger partial charge in [0.1, 0.15) is 0 Å². The molecule has 102 valence electrons. The van der Waals surface area contributed by atoms with E-state index in [1.54, 1.807) is 0 Å². The fourth-order valence-electron chi connectivity index (χ4n) is 1.69. The molecular weight excluding hydrogens is 248 g/mol. The van der Waals surface area contributed by atoms with Crippen LogP contribution in [0.25, 0.3) is 0 Å². The van der Waals surface area contributed by atoms with Gasteiger partial charge in [-0.1, -0.05) is 29.8 Å². The first-order valence-electron chi connectivity index (χ1n) is 6.20. The van der Waals surface area contributed by atoms with Gasteiger partial charge in [-0.15, -0.1) is 0 Å². The lowest BCUT2D eigenvalue weighted by Crippen LogP contribution is -2.45. The van der Waals surface area contributed by atoms with Crippen molar-refractivity contribution < 1.29 is 5.11 Å². The molecule has 1 aromatic rings. The number of aliphatic hydroxyl groups is 1. The summed E-state index contributed by atoms with van der Waals surface area (Å²) in [6.07, 6.45) is 0.809. The van der Waals surface area contributed by atoms with Crippen LogP contribution in [0.2, 0.25) is 5.02 Å². The van der Waals surface area contributed by atoms with Crippen LogP contribution in [-0.4, -0.2) is 35.7 Å². The molecule has 0 heterocycles. The van der Waals surface area contributed by atoms with Gasteiger partial charge in [-0.3, -0.25) is 4.90 Å². The third kappa shape index (κ3) is 3.95. The Morgan fingerprint density at radius 3 is 2.56 bits per heavy atom. The number of likely N-dealkylation sites (N-methyl/N-ethyl adjacent to an activating group) is 1. The van der Waals surface area contributed by atoms with Crippen molar-refractivity contribution in [3.05, 3.63) is 34.9 Å². The summed E-state index contributed by atoms with van der Waals surface area (Å²) in [5, 5.41) is 10.0. The number of rotatable bonds is 6. The van der Waals surface area contributed by atoms with Crippen molar-refractivity contribution in [1.29, 1.82) is 0 Å². The molecule has 4 heteroatoms. The van der Waals surface area contributed by atoms with Crippen molar-refractivity contribution in [1.82, 2.24) is 4.90 Å². The van der Waals surface area contributed by atoms with E-state index in [2.05, 4.69) is 4.90 Å². The molecule has 0 spiro atoms. The summed E-state index contributed by atoms with van der Waals surface area (Å²) in [7, 11) is 2.00. The van der Waals surface area contributed by atoms with Gasteiger partial charge in [-0.2, -0.15) is 0 Å². The van der Waals surface area contributed by atoms with Gasteiger partial charge in [0.2, 0.25) is 0 Å². The number of halogens is 1. The van der Waals surface area contributed by atoms with E-state index in [4.69, 9.17) is 17.3 Å². The SMILES string of the molecule is CN(CCC(N)c1ccccc1Cl)C(C)(C)CO. The van der Waals surface area contributed by atoms with E-state index < -0.39 is 0 Å². The summed E-state index contributed by atoms with van der Waals surface area (Å²) >= 11 is 6.12. The standard InChI is InChI=1S/C14H23ClN2O/c1-14(2,10-18)17(3)9-8-13(16)11-6-4-5-7-12(11)15/h4-7,13,18H,8-10,16H2,1-3H3. The molecule has 0 aliphatic rings. The molecule has 0 fully saturated rings. The number of aliphatic hydroxyl groups excluding tert-OH is 1. The van der Waals surface area contributed by atoms with Gasteiger partial charge in [0.25, 0.3) is 0 Å². The molecule has 0 bridgehead atoms. The summed E-state index contributed by atoms with van der Waals surface area (Å²) < 4.78 is 0.